The summed E-state index contributed by atoms with van der Waals surface area (Å²) in [5, 5.41) is 18.0. The van der Waals surface area contributed by atoms with Crippen molar-refractivity contribution >= 4 is 5.82 Å². The number of nitrogens with zero attached hydrogens (tertiary/aromatic N) is 4. The molecule has 1 aliphatic carbocycles. The number of hydrogen-bond acceptors (Lipinski definition) is 4. The molecule has 4 nitrogen and oxygen atoms in total. The Hall–Kier alpha value is -1.63. The zero-order chi connectivity index (χ0) is 14.1. The van der Waals surface area contributed by atoms with Crippen LogP contribution >= 0.6 is 0 Å². The highest BCUT2D eigenvalue weighted by Crippen LogP contribution is 2.37. The average Bonchev–Trinajstić information content (AvgIpc) is 2.49. The Morgan fingerprint density at radius 1 is 1.10 bits per heavy atom. The van der Waals surface area contributed by atoms with E-state index in [1.54, 1.807) is 0 Å². The number of aromatic nitrogens is 2. The maximum absolute atomic E-state index is 9.44. The predicted octanol–water partition coefficient (Wildman–Crippen LogP) is 2.98. The lowest BCUT2D eigenvalue weighted by Gasteiger charge is -2.41. The molecule has 0 aromatic carbocycles. The molecule has 0 radical (unpaired) electrons. The van der Waals surface area contributed by atoms with E-state index in [4.69, 9.17) is 0 Å². The van der Waals surface area contributed by atoms with Gasteiger partial charge in [0.1, 0.15) is 11.6 Å². The van der Waals surface area contributed by atoms with Crippen molar-refractivity contribution in [2.75, 3.05) is 18.0 Å². The van der Waals surface area contributed by atoms with Crippen LogP contribution in [0, 0.1) is 37.0 Å². The molecule has 2 aliphatic rings. The summed E-state index contributed by atoms with van der Waals surface area (Å²) in [5.74, 6) is 2.48. The van der Waals surface area contributed by atoms with Gasteiger partial charge in [-0.15, -0.1) is 5.10 Å². The standard InChI is InChI=1S/C16H22N4/c1-11-12(2)18-19-16(15(11)9-17)20-8-7-13-5-3-4-6-14(13)10-20/h13-14H,3-8,10H2,1-2H3. The van der Waals surface area contributed by atoms with Gasteiger partial charge in [-0.25, -0.2) is 0 Å². The number of fused-ring (bicyclic) bond motifs is 1. The van der Waals surface area contributed by atoms with Gasteiger partial charge in [-0.2, -0.15) is 10.4 Å². The fourth-order valence-electron chi connectivity index (χ4n) is 3.74. The molecule has 0 bridgehead atoms. The molecule has 1 saturated carbocycles. The first-order valence-electron chi connectivity index (χ1n) is 7.69. The first-order valence-corrected chi connectivity index (χ1v) is 7.69. The third-order valence-corrected chi connectivity index (χ3v) is 5.14. The number of nitriles is 1. The Labute approximate surface area is 120 Å². The van der Waals surface area contributed by atoms with Crippen LogP contribution in [0.15, 0.2) is 0 Å². The van der Waals surface area contributed by atoms with Gasteiger partial charge < -0.3 is 4.90 Å². The van der Waals surface area contributed by atoms with Crippen LogP contribution in [0.2, 0.25) is 0 Å². The fraction of sp³-hybridized carbons (Fsp3) is 0.688. The first kappa shape index (κ1) is 13.4. The van der Waals surface area contributed by atoms with Gasteiger partial charge in [0.05, 0.1) is 5.69 Å². The Morgan fingerprint density at radius 2 is 1.85 bits per heavy atom. The van der Waals surface area contributed by atoms with Crippen molar-refractivity contribution in [3.8, 4) is 6.07 Å². The van der Waals surface area contributed by atoms with Gasteiger partial charge >= 0.3 is 0 Å². The SMILES string of the molecule is Cc1nnc(N2CCC3CCCCC3C2)c(C#N)c1C. The van der Waals surface area contributed by atoms with Crippen LogP contribution in [0.1, 0.15) is 48.9 Å². The van der Waals surface area contributed by atoms with Gasteiger partial charge in [-0.05, 0) is 44.1 Å². The molecule has 0 spiro atoms. The lowest BCUT2D eigenvalue weighted by atomic mass is 9.75. The van der Waals surface area contributed by atoms with Gasteiger partial charge in [0.2, 0.25) is 0 Å². The van der Waals surface area contributed by atoms with Crippen LogP contribution in [-0.4, -0.2) is 23.3 Å². The topological polar surface area (TPSA) is 52.8 Å². The minimum absolute atomic E-state index is 0.715. The number of aryl methyl sites for hydroxylation is 1. The minimum Gasteiger partial charge on any atom is -0.354 e. The molecule has 106 valence electrons. The van der Waals surface area contributed by atoms with Crippen molar-refractivity contribution in [1.82, 2.24) is 10.2 Å². The predicted molar refractivity (Wildman–Crippen MR) is 78.5 cm³/mol. The second-order valence-corrected chi connectivity index (χ2v) is 6.26. The molecule has 1 aliphatic heterocycles. The molecule has 1 saturated heterocycles. The van der Waals surface area contributed by atoms with Crippen LogP contribution in [-0.2, 0) is 0 Å². The van der Waals surface area contributed by atoms with E-state index in [9.17, 15) is 5.26 Å². The molecular weight excluding hydrogens is 248 g/mol. The second-order valence-electron chi connectivity index (χ2n) is 6.26. The summed E-state index contributed by atoms with van der Waals surface area (Å²) in [6.07, 6.45) is 6.72. The van der Waals surface area contributed by atoms with Gasteiger partial charge in [-0.1, -0.05) is 19.3 Å². The lowest BCUT2D eigenvalue weighted by molar-refractivity contribution is 0.202. The minimum atomic E-state index is 0.715. The summed E-state index contributed by atoms with van der Waals surface area (Å²) in [6, 6.07) is 2.33. The quantitative estimate of drug-likeness (QED) is 0.787. The molecule has 4 heteroatoms. The van der Waals surface area contributed by atoms with Gasteiger partial charge in [0, 0.05) is 13.1 Å². The Bertz CT molecular complexity index is 546. The zero-order valence-corrected chi connectivity index (χ0v) is 12.4. The van der Waals surface area contributed by atoms with E-state index in [0.717, 1.165) is 42.0 Å². The molecule has 2 unspecified atom stereocenters. The van der Waals surface area contributed by atoms with Crippen LogP contribution in [0.25, 0.3) is 0 Å². The average molecular weight is 270 g/mol. The van der Waals surface area contributed by atoms with E-state index < -0.39 is 0 Å². The van der Waals surface area contributed by atoms with E-state index >= 15 is 0 Å². The normalized spacial score (nSPS) is 25.9. The summed E-state index contributed by atoms with van der Waals surface area (Å²) in [7, 11) is 0. The number of piperidine rings is 1. The molecule has 1 aromatic heterocycles. The summed E-state index contributed by atoms with van der Waals surface area (Å²) in [4.78, 5) is 2.30. The van der Waals surface area contributed by atoms with Crippen LogP contribution < -0.4 is 4.90 Å². The van der Waals surface area contributed by atoms with Crippen LogP contribution in [0.3, 0.4) is 0 Å². The zero-order valence-electron chi connectivity index (χ0n) is 12.4. The summed E-state index contributed by atoms with van der Waals surface area (Å²) >= 11 is 0. The lowest BCUT2D eigenvalue weighted by Crippen LogP contribution is -2.42. The number of hydrogen-bond donors (Lipinski definition) is 0. The fourth-order valence-corrected chi connectivity index (χ4v) is 3.74. The monoisotopic (exact) mass is 270 g/mol. The van der Waals surface area contributed by atoms with E-state index in [1.807, 2.05) is 13.8 Å². The highest BCUT2D eigenvalue weighted by Gasteiger charge is 2.32. The second kappa shape index (κ2) is 5.40. The molecule has 0 amide bonds. The molecule has 2 fully saturated rings. The van der Waals surface area contributed by atoms with Crippen LogP contribution in [0.4, 0.5) is 5.82 Å². The summed E-state index contributed by atoms with van der Waals surface area (Å²) < 4.78 is 0. The molecular formula is C16H22N4. The maximum Gasteiger partial charge on any atom is 0.169 e. The van der Waals surface area contributed by atoms with Gasteiger partial charge in [0.25, 0.3) is 0 Å². The van der Waals surface area contributed by atoms with Crippen molar-refractivity contribution in [1.29, 1.82) is 5.26 Å². The largest absolute Gasteiger partial charge is 0.354 e. The molecule has 0 N–H and O–H groups in total. The molecule has 20 heavy (non-hydrogen) atoms. The van der Waals surface area contributed by atoms with E-state index in [0.29, 0.717) is 5.56 Å². The number of anilines is 1. The van der Waals surface area contributed by atoms with E-state index in [1.165, 1.54) is 32.1 Å². The van der Waals surface area contributed by atoms with Crippen LogP contribution in [0.5, 0.6) is 0 Å². The highest BCUT2D eigenvalue weighted by molar-refractivity contribution is 5.57. The maximum atomic E-state index is 9.44. The number of rotatable bonds is 1. The molecule has 2 heterocycles. The first-order chi connectivity index (χ1) is 9.70. The van der Waals surface area contributed by atoms with Gasteiger partial charge in [-0.3, -0.25) is 0 Å². The summed E-state index contributed by atoms with van der Waals surface area (Å²) in [6.45, 7) is 5.96. The Kier molecular flexibility index (Phi) is 3.60. The molecule has 3 rings (SSSR count). The highest BCUT2D eigenvalue weighted by atomic mass is 15.3. The Balaban J connectivity index is 1.87. The summed E-state index contributed by atoms with van der Waals surface area (Å²) in [5.41, 5.74) is 2.55. The Morgan fingerprint density at radius 3 is 2.60 bits per heavy atom. The molecule has 1 aromatic rings. The van der Waals surface area contributed by atoms with Crippen molar-refractivity contribution in [3.63, 3.8) is 0 Å². The van der Waals surface area contributed by atoms with Crippen molar-refractivity contribution in [2.24, 2.45) is 11.8 Å². The molecule has 2 atom stereocenters. The van der Waals surface area contributed by atoms with Crippen molar-refractivity contribution in [3.05, 3.63) is 16.8 Å². The smallest absolute Gasteiger partial charge is 0.169 e. The van der Waals surface area contributed by atoms with Crippen molar-refractivity contribution in [2.45, 2.75) is 46.0 Å². The van der Waals surface area contributed by atoms with Crippen molar-refractivity contribution < 1.29 is 0 Å². The third kappa shape index (κ3) is 2.26. The van der Waals surface area contributed by atoms with Gasteiger partial charge in [0.15, 0.2) is 5.82 Å². The van der Waals surface area contributed by atoms with E-state index in [-0.39, 0.29) is 0 Å². The third-order valence-electron chi connectivity index (χ3n) is 5.14. The van der Waals surface area contributed by atoms with E-state index in [2.05, 4.69) is 21.2 Å².